The van der Waals surface area contributed by atoms with E-state index in [-0.39, 0.29) is 11.7 Å². The van der Waals surface area contributed by atoms with Crippen LogP contribution < -0.4 is 0 Å². The van der Waals surface area contributed by atoms with Crippen LogP contribution in [0, 0.1) is 17.2 Å². The van der Waals surface area contributed by atoms with Crippen molar-refractivity contribution in [3.8, 4) is 6.07 Å². The molecule has 0 aromatic heterocycles. The molecule has 0 heterocycles. The third-order valence-corrected chi connectivity index (χ3v) is 2.93. The predicted octanol–water partition coefficient (Wildman–Crippen LogP) is 3.56. The van der Waals surface area contributed by atoms with Gasteiger partial charge in [-0.25, -0.2) is 0 Å². The molecule has 0 spiro atoms. The summed E-state index contributed by atoms with van der Waals surface area (Å²) in [6.07, 6.45) is 0.748. The van der Waals surface area contributed by atoms with Crippen molar-refractivity contribution in [1.29, 1.82) is 5.26 Å². The molecule has 0 bridgehead atoms. The Kier molecular flexibility index (Phi) is 4.52. The maximum atomic E-state index is 12.0. The monoisotopic (exact) mass is 235 g/mol. The minimum atomic E-state index is -0.700. The average Bonchev–Trinajstić information content (AvgIpc) is 2.29. The molecule has 3 heteroatoms. The summed E-state index contributed by atoms with van der Waals surface area (Å²) >= 11 is 5.84. The second kappa shape index (κ2) is 5.67. The van der Waals surface area contributed by atoms with Crippen molar-refractivity contribution in [3.05, 3.63) is 34.9 Å². The van der Waals surface area contributed by atoms with E-state index in [1.165, 1.54) is 0 Å². The third-order valence-electron chi connectivity index (χ3n) is 2.69. The van der Waals surface area contributed by atoms with Gasteiger partial charge in [-0.3, -0.25) is 4.79 Å². The Morgan fingerprint density at radius 2 is 2.25 bits per heavy atom. The lowest BCUT2D eigenvalue weighted by Gasteiger charge is -2.13. The molecule has 0 aliphatic heterocycles. The van der Waals surface area contributed by atoms with Crippen LogP contribution in [0.3, 0.4) is 0 Å². The van der Waals surface area contributed by atoms with Gasteiger partial charge in [-0.15, -0.1) is 0 Å². The lowest BCUT2D eigenvalue weighted by molar-refractivity contribution is -0.122. The Hall–Kier alpha value is -1.33. The normalized spacial score (nSPS) is 13.9. The van der Waals surface area contributed by atoms with Gasteiger partial charge in [-0.2, -0.15) is 5.26 Å². The number of carbonyl (C=O) groups is 1. The second-order valence-corrected chi connectivity index (χ2v) is 4.27. The number of hydrogen-bond acceptors (Lipinski definition) is 2. The Balaban J connectivity index is 3.00. The summed E-state index contributed by atoms with van der Waals surface area (Å²) in [6, 6.07) is 8.98. The van der Waals surface area contributed by atoms with Crippen molar-refractivity contribution in [2.75, 3.05) is 0 Å². The van der Waals surface area contributed by atoms with E-state index in [9.17, 15) is 4.79 Å². The number of halogens is 1. The van der Waals surface area contributed by atoms with Gasteiger partial charge in [-0.05, 0) is 24.1 Å². The van der Waals surface area contributed by atoms with Crippen LogP contribution in [-0.4, -0.2) is 5.78 Å². The largest absolute Gasteiger partial charge is 0.298 e. The van der Waals surface area contributed by atoms with Crippen LogP contribution in [0.5, 0.6) is 0 Å². The van der Waals surface area contributed by atoms with Crippen LogP contribution in [-0.2, 0) is 4.79 Å². The van der Waals surface area contributed by atoms with Gasteiger partial charge in [0.15, 0.2) is 5.78 Å². The lowest BCUT2D eigenvalue weighted by Crippen LogP contribution is -2.18. The van der Waals surface area contributed by atoms with Crippen molar-refractivity contribution in [1.82, 2.24) is 0 Å². The van der Waals surface area contributed by atoms with E-state index < -0.39 is 5.92 Å². The summed E-state index contributed by atoms with van der Waals surface area (Å²) in [7, 11) is 0. The first-order valence-electron chi connectivity index (χ1n) is 5.29. The molecule has 16 heavy (non-hydrogen) atoms. The number of Topliss-reactive ketones (excluding diaryl/α,β-unsaturated/α-hetero) is 1. The smallest absolute Gasteiger partial charge is 0.157 e. The molecule has 2 nitrogen and oxygen atoms in total. The summed E-state index contributed by atoms with van der Waals surface area (Å²) in [4.78, 5) is 12.0. The highest BCUT2D eigenvalue weighted by Gasteiger charge is 2.24. The van der Waals surface area contributed by atoms with Gasteiger partial charge in [-0.1, -0.05) is 37.6 Å². The number of rotatable bonds is 4. The third kappa shape index (κ3) is 2.84. The summed E-state index contributed by atoms with van der Waals surface area (Å²) in [6.45, 7) is 3.78. The van der Waals surface area contributed by atoms with Crippen LogP contribution in [0.2, 0.25) is 5.02 Å². The topological polar surface area (TPSA) is 40.9 Å². The Morgan fingerprint density at radius 1 is 1.56 bits per heavy atom. The van der Waals surface area contributed by atoms with Gasteiger partial charge < -0.3 is 0 Å². The van der Waals surface area contributed by atoms with Crippen molar-refractivity contribution in [3.63, 3.8) is 0 Å². The van der Waals surface area contributed by atoms with Crippen molar-refractivity contribution < 1.29 is 4.79 Å². The molecule has 0 amide bonds. The first-order valence-corrected chi connectivity index (χ1v) is 5.66. The Bertz CT molecular complexity index is 422. The molecular weight excluding hydrogens is 222 g/mol. The maximum absolute atomic E-state index is 12.0. The lowest BCUT2D eigenvalue weighted by atomic mass is 9.88. The van der Waals surface area contributed by atoms with Crippen molar-refractivity contribution in [2.24, 2.45) is 5.92 Å². The van der Waals surface area contributed by atoms with Gasteiger partial charge >= 0.3 is 0 Å². The van der Waals surface area contributed by atoms with Gasteiger partial charge in [0.25, 0.3) is 0 Å². The highest BCUT2D eigenvalue weighted by molar-refractivity contribution is 6.30. The highest BCUT2D eigenvalue weighted by Crippen LogP contribution is 2.23. The molecule has 0 fully saturated rings. The van der Waals surface area contributed by atoms with E-state index in [1.54, 1.807) is 24.3 Å². The van der Waals surface area contributed by atoms with E-state index in [4.69, 9.17) is 16.9 Å². The zero-order valence-electron chi connectivity index (χ0n) is 9.40. The molecule has 1 rings (SSSR count). The number of benzene rings is 1. The van der Waals surface area contributed by atoms with Crippen molar-refractivity contribution >= 4 is 17.4 Å². The van der Waals surface area contributed by atoms with Gasteiger partial charge in [0.2, 0.25) is 0 Å². The number of carbonyl (C=O) groups excluding carboxylic acids is 1. The molecule has 1 aromatic carbocycles. The van der Waals surface area contributed by atoms with Crippen LogP contribution in [0.4, 0.5) is 0 Å². The Labute approximate surface area is 101 Å². The SMILES string of the molecule is CCC(C)C(=O)C(C#N)c1cccc(Cl)c1. The molecule has 0 N–H and O–H groups in total. The van der Waals surface area contributed by atoms with Crippen LogP contribution in [0.1, 0.15) is 31.7 Å². The van der Waals surface area contributed by atoms with E-state index in [0.29, 0.717) is 10.6 Å². The highest BCUT2D eigenvalue weighted by atomic mass is 35.5. The standard InChI is InChI=1S/C13H14ClNO/c1-3-9(2)13(16)12(8-15)10-5-4-6-11(14)7-10/h4-7,9,12H,3H2,1-2H3. The fourth-order valence-electron chi connectivity index (χ4n) is 1.47. The number of nitrogens with zero attached hydrogens (tertiary/aromatic N) is 1. The zero-order chi connectivity index (χ0) is 12.1. The zero-order valence-corrected chi connectivity index (χ0v) is 10.2. The Morgan fingerprint density at radius 3 is 2.75 bits per heavy atom. The van der Waals surface area contributed by atoms with E-state index in [1.807, 2.05) is 13.8 Å². The minimum absolute atomic E-state index is 0.0349. The fourth-order valence-corrected chi connectivity index (χ4v) is 1.67. The summed E-state index contributed by atoms with van der Waals surface area (Å²) < 4.78 is 0. The summed E-state index contributed by atoms with van der Waals surface area (Å²) in [5.41, 5.74) is 0.681. The predicted molar refractivity (Wildman–Crippen MR) is 64.3 cm³/mol. The summed E-state index contributed by atoms with van der Waals surface area (Å²) in [5.74, 6) is -0.829. The molecule has 0 aliphatic carbocycles. The molecule has 2 atom stereocenters. The summed E-state index contributed by atoms with van der Waals surface area (Å²) in [5, 5.41) is 9.62. The van der Waals surface area contributed by atoms with E-state index >= 15 is 0 Å². The minimum Gasteiger partial charge on any atom is -0.298 e. The molecule has 0 aliphatic rings. The number of hydrogen-bond donors (Lipinski definition) is 0. The van der Waals surface area contributed by atoms with E-state index in [0.717, 1.165) is 6.42 Å². The van der Waals surface area contributed by atoms with Crippen LogP contribution in [0.15, 0.2) is 24.3 Å². The van der Waals surface area contributed by atoms with E-state index in [2.05, 4.69) is 6.07 Å². The molecule has 0 radical (unpaired) electrons. The maximum Gasteiger partial charge on any atom is 0.157 e. The van der Waals surface area contributed by atoms with Crippen LogP contribution in [0.25, 0.3) is 0 Å². The molecule has 0 saturated carbocycles. The first kappa shape index (κ1) is 12.7. The molecule has 0 saturated heterocycles. The second-order valence-electron chi connectivity index (χ2n) is 3.83. The van der Waals surface area contributed by atoms with Gasteiger partial charge in [0.05, 0.1) is 6.07 Å². The van der Waals surface area contributed by atoms with Gasteiger partial charge in [0.1, 0.15) is 5.92 Å². The molecule has 2 unspecified atom stereocenters. The molecular formula is C13H14ClNO. The van der Waals surface area contributed by atoms with Gasteiger partial charge in [0, 0.05) is 10.9 Å². The van der Waals surface area contributed by atoms with Crippen molar-refractivity contribution in [2.45, 2.75) is 26.2 Å². The average molecular weight is 236 g/mol. The first-order chi connectivity index (χ1) is 7.60. The molecule has 1 aromatic rings. The molecule has 84 valence electrons. The number of ketones is 1. The quantitative estimate of drug-likeness (QED) is 0.801. The fraction of sp³-hybridized carbons (Fsp3) is 0.385. The van der Waals surface area contributed by atoms with Crippen LogP contribution >= 0.6 is 11.6 Å². The number of nitriles is 1.